The van der Waals surface area contributed by atoms with Gasteiger partial charge in [-0.25, -0.2) is 8.78 Å². The van der Waals surface area contributed by atoms with Crippen LogP contribution in [0.1, 0.15) is 13.3 Å². The molecule has 0 N–H and O–H groups in total. The number of hydrogen-bond acceptors (Lipinski definition) is 0. The lowest BCUT2D eigenvalue weighted by Crippen LogP contribution is -2.59. The first-order valence-electron chi connectivity index (χ1n) is 5.38. The fourth-order valence-corrected chi connectivity index (χ4v) is 1.58. The van der Waals surface area contributed by atoms with Crippen LogP contribution in [0.15, 0.2) is 12.2 Å². The third-order valence-electron chi connectivity index (χ3n) is 2.86. The number of hydrogen-bond donors (Lipinski definition) is 0. The van der Waals surface area contributed by atoms with Crippen molar-refractivity contribution in [1.29, 1.82) is 0 Å². The van der Waals surface area contributed by atoms with Gasteiger partial charge in [0.15, 0.2) is 0 Å². The predicted octanol–water partition coefficient (Wildman–Crippen LogP) is 5.90. The molecule has 0 aliphatic rings. The molecule has 138 valence electrons. The van der Waals surface area contributed by atoms with Crippen molar-refractivity contribution in [3.05, 3.63) is 12.2 Å². The Morgan fingerprint density at radius 1 is 0.739 bits per heavy atom. The van der Waals surface area contributed by atoms with Gasteiger partial charge in [-0.05, 0) is 13.0 Å². The molecule has 0 nitrogen and oxygen atoms in total. The summed E-state index contributed by atoms with van der Waals surface area (Å²) in [6.07, 6.45) is -27.4. The van der Waals surface area contributed by atoms with Crippen LogP contribution < -0.4 is 0 Å². The van der Waals surface area contributed by atoms with Gasteiger partial charge in [-0.15, -0.1) is 0 Å². The van der Waals surface area contributed by atoms with Crippen LogP contribution in [0.25, 0.3) is 0 Å². The van der Waals surface area contributed by atoms with Crippen molar-refractivity contribution in [2.24, 2.45) is 5.92 Å². The van der Waals surface area contributed by atoms with E-state index in [1.165, 1.54) is 0 Å². The summed E-state index contributed by atoms with van der Waals surface area (Å²) in [5.41, 5.74) is -11.3. The zero-order chi connectivity index (χ0) is 19.1. The van der Waals surface area contributed by atoms with Crippen LogP contribution in [0.2, 0.25) is 0 Å². The van der Waals surface area contributed by atoms with E-state index in [1.54, 1.807) is 0 Å². The van der Waals surface area contributed by atoms with Gasteiger partial charge in [0.2, 0.25) is 5.67 Å². The minimum Gasteiger partial charge on any atom is -0.234 e. The van der Waals surface area contributed by atoms with Gasteiger partial charge in [0.1, 0.15) is 0 Å². The van der Waals surface area contributed by atoms with Crippen LogP contribution in [0.3, 0.4) is 0 Å². The van der Waals surface area contributed by atoms with Crippen molar-refractivity contribution >= 4 is 0 Å². The van der Waals surface area contributed by atoms with Gasteiger partial charge in [-0.2, -0.15) is 48.3 Å². The average molecular weight is 374 g/mol. The monoisotopic (exact) mass is 374 g/mol. The predicted molar refractivity (Wildman–Crippen MR) is 49.9 cm³/mol. The molecule has 0 heterocycles. The molecule has 0 saturated carbocycles. The molecular weight excluding hydrogens is 367 g/mol. The van der Waals surface area contributed by atoms with Crippen LogP contribution in [-0.4, -0.2) is 29.9 Å². The SMILES string of the molecule is CC(F)(CC(C=C(F)F)C(F)(C(F)(F)F)C(F)(F)F)C(F)(F)F. The van der Waals surface area contributed by atoms with E-state index >= 15 is 0 Å². The lowest BCUT2D eigenvalue weighted by Gasteiger charge is -2.37. The highest BCUT2D eigenvalue weighted by Crippen LogP contribution is 2.54. The second-order valence-electron chi connectivity index (χ2n) is 4.67. The van der Waals surface area contributed by atoms with Gasteiger partial charge in [-0.3, -0.25) is 0 Å². The normalized spacial score (nSPS) is 18.3. The molecule has 0 aliphatic carbocycles. The van der Waals surface area contributed by atoms with Gasteiger partial charge in [0.05, 0.1) is 0 Å². The Hall–Kier alpha value is -1.17. The van der Waals surface area contributed by atoms with E-state index < -0.39 is 61.3 Å². The second-order valence-corrected chi connectivity index (χ2v) is 4.67. The summed E-state index contributed by atoms with van der Waals surface area (Å²) in [6.45, 7) is -0.489. The van der Waals surface area contributed by atoms with Crippen LogP contribution in [-0.2, 0) is 0 Å². The first-order valence-corrected chi connectivity index (χ1v) is 5.38. The summed E-state index contributed by atoms with van der Waals surface area (Å²) < 4.78 is 162. The molecule has 0 saturated heterocycles. The van der Waals surface area contributed by atoms with Gasteiger partial charge in [0.25, 0.3) is 6.08 Å². The molecule has 0 fully saturated rings. The summed E-state index contributed by atoms with van der Waals surface area (Å²) in [4.78, 5) is 0. The largest absolute Gasteiger partial charge is 0.432 e. The molecule has 2 atom stereocenters. The smallest absolute Gasteiger partial charge is 0.234 e. The Bertz CT molecular complexity index is 417. The zero-order valence-corrected chi connectivity index (χ0v) is 10.8. The standard InChI is InChI=1S/C10H7F13/c1-6(13,8(15,16)17)3-4(2-5(11)12)7(14,9(18,19)20)10(21,22)23/h2,4H,3H2,1H3. The Balaban J connectivity index is 6.23. The van der Waals surface area contributed by atoms with Crippen molar-refractivity contribution in [2.75, 3.05) is 0 Å². The highest BCUT2D eigenvalue weighted by atomic mass is 19.4. The number of halogens is 13. The van der Waals surface area contributed by atoms with Gasteiger partial charge >= 0.3 is 24.2 Å². The molecule has 23 heavy (non-hydrogen) atoms. The maximum Gasteiger partial charge on any atom is 0.432 e. The van der Waals surface area contributed by atoms with E-state index in [0.29, 0.717) is 0 Å². The van der Waals surface area contributed by atoms with Crippen molar-refractivity contribution < 1.29 is 57.1 Å². The molecule has 0 bridgehead atoms. The summed E-state index contributed by atoms with van der Waals surface area (Å²) >= 11 is 0. The van der Waals surface area contributed by atoms with Crippen molar-refractivity contribution in [2.45, 2.75) is 43.2 Å². The summed E-state index contributed by atoms with van der Waals surface area (Å²) in [6, 6.07) is 0. The molecule has 0 amide bonds. The highest BCUT2D eigenvalue weighted by molar-refractivity contribution is 5.10. The van der Waals surface area contributed by atoms with Gasteiger partial charge in [-0.1, -0.05) is 0 Å². The zero-order valence-electron chi connectivity index (χ0n) is 10.8. The van der Waals surface area contributed by atoms with Gasteiger partial charge < -0.3 is 0 Å². The van der Waals surface area contributed by atoms with Crippen LogP contribution in [0.5, 0.6) is 0 Å². The van der Waals surface area contributed by atoms with Crippen molar-refractivity contribution in [1.82, 2.24) is 0 Å². The van der Waals surface area contributed by atoms with E-state index in [1.807, 2.05) is 0 Å². The quantitative estimate of drug-likeness (QED) is 0.538. The number of rotatable bonds is 4. The molecule has 13 heteroatoms. The fourth-order valence-electron chi connectivity index (χ4n) is 1.58. The molecule has 0 aromatic heterocycles. The fraction of sp³-hybridized carbons (Fsp3) is 0.800. The summed E-state index contributed by atoms with van der Waals surface area (Å²) in [5, 5.41) is 0. The molecule has 2 unspecified atom stereocenters. The van der Waals surface area contributed by atoms with E-state index in [2.05, 4.69) is 0 Å². The lowest BCUT2D eigenvalue weighted by molar-refractivity contribution is -0.358. The lowest BCUT2D eigenvalue weighted by atomic mass is 9.80. The molecule has 0 aromatic rings. The molecule has 0 rings (SSSR count). The first kappa shape index (κ1) is 21.8. The van der Waals surface area contributed by atoms with Crippen molar-refractivity contribution in [3.8, 4) is 0 Å². The minimum atomic E-state index is -6.91. The molecule has 0 spiro atoms. The Morgan fingerprint density at radius 2 is 1.09 bits per heavy atom. The first-order chi connectivity index (χ1) is 9.77. The van der Waals surface area contributed by atoms with E-state index in [0.717, 1.165) is 0 Å². The molecule has 0 aliphatic heterocycles. The minimum absolute atomic E-state index is 0.489. The maximum absolute atomic E-state index is 13.6. The van der Waals surface area contributed by atoms with E-state index in [9.17, 15) is 57.1 Å². The molecule has 0 aromatic carbocycles. The summed E-state index contributed by atoms with van der Waals surface area (Å²) in [5.74, 6) is -4.19. The van der Waals surface area contributed by atoms with Crippen LogP contribution in [0.4, 0.5) is 57.1 Å². The third-order valence-corrected chi connectivity index (χ3v) is 2.86. The number of alkyl halides is 11. The maximum atomic E-state index is 13.6. The third kappa shape index (κ3) is 4.43. The topological polar surface area (TPSA) is 0 Å². The average Bonchev–Trinajstić information content (AvgIpc) is 2.20. The van der Waals surface area contributed by atoms with E-state index in [4.69, 9.17) is 0 Å². The molecular formula is C10H7F13. The Morgan fingerprint density at radius 3 is 1.30 bits per heavy atom. The number of allylic oxidation sites excluding steroid dienone is 1. The van der Waals surface area contributed by atoms with E-state index in [-0.39, 0.29) is 0 Å². The molecule has 0 radical (unpaired) electrons. The Kier molecular flexibility index (Phi) is 5.73. The van der Waals surface area contributed by atoms with Gasteiger partial charge in [0, 0.05) is 12.3 Å². The van der Waals surface area contributed by atoms with Crippen LogP contribution >= 0.6 is 0 Å². The Labute approximate surface area is 119 Å². The highest BCUT2D eigenvalue weighted by Gasteiger charge is 2.76. The van der Waals surface area contributed by atoms with Crippen LogP contribution in [0, 0.1) is 5.92 Å². The second kappa shape index (κ2) is 6.04. The summed E-state index contributed by atoms with van der Waals surface area (Å²) in [7, 11) is 0. The van der Waals surface area contributed by atoms with Crippen molar-refractivity contribution in [3.63, 3.8) is 0 Å².